The van der Waals surface area contributed by atoms with Crippen molar-refractivity contribution in [3.05, 3.63) is 71.7 Å². The Hall–Kier alpha value is -3.35. The molecular formula is C19H17FN4O2. The van der Waals surface area contributed by atoms with Gasteiger partial charge in [-0.15, -0.1) is 0 Å². The number of rotatable bonds is 6. The first-order chi connectivity index (χ1) is 12.8. The van der Waals surface area contributed by atoms with E-state index in [1.165, 1.54) is 12.1 Å². The Labute approximate surface area is 150 Å². The van der Waals surface area contributed by atoms with Gasteiger partial charge in [0.15, 0.2) is 11.5 Å². The van der Waals surface area contributed by atoms with E-state index >= 15 is 0 Å². The van der Waals surface area contributed by atoms with E-state index < -0.39 is 0 Å². The van der Waals surface area contributed by atoms with Crippen LogP contribution in [0.4, 0.5) is 16.2 Å². The van der Waals surface area contributed by atoms with Crippen LogP contribution in [-0.2, 0) is 13.1 Å². The molecule has 0 spiro atoms. The zero-order chi connectivity index (χ0) is 17.8. The van der Waals surface area contributed by atoms with Gasteiger partial charge in [-0.05, 0) is 41.5 Å². The van der Waals surface area contributed by atoms with Crippen LogP contribution in [0.25, 0.3) is 0 Å². The molecule has 1 aliphatic heterocycles. The second-order valence-electron chi connectivity index (χ2n) is 5.79. The van der Waals surface area contributed by atoms with Gasteiger partial charge in [0.05, 0.1) is 0 Å². The van der Waals surface area contributed by atoms with Crippen molar-refractivity contribution in [3.63, 3.8) is 0 Å². The normalized spacial score (nSPS) is 12.0. The molecule has 0 radical (unpaired) electrons. The average molecular weight is 352 g/mol. The lowest BCUT2D eigenvalue weighted by atomic mass is 10.2. The predicted octanol–water partition coefficient (Wildman–Crippen LogP) is 3.57. The average Bonchev–Trinajstić information content (AvgIpc) is 3.14. The molecule has 0 amide bonds. The third-order valence-corrected chi connectivity index (χ3v) is 3.93. The SMILES string of the molecule is Fc1ccc(CNc2nccc(NCc3ccc4c(c3)OCO4)n2)cc1. The first-order valence-corrected chi connectivity index (χ1v) is 8.20. The molecule has 1 aliphatic rings. The highest BCUT2D eigenvalue weighted by Gasteiger charge is 2.13. The van der Waals surface area contributed by atoms with Gasteiger partial charge < -0.3 is 20.1 Å². The maximum Gasteiger partial charge on any atom is 0.231 e. The van der Waals surface area contributed by atoms with Crippen molar-refractivity contribution >= 4 is 11.8 Å². The van der Waals surface area contributed by atoms with Crippen molar-refractivity contribution in [2.75, 3.05) is 17.4 Å². The Bertz CT molecular complexity index is 902. The van der Waals surface area contributed by atoms with Crippen LogP contribution < -0.4 is 20.1 Å². The third-order valence-electron chi connectivity index (χ3n) is 3.93. The van der Waals surface area contributed by atoms with Crippen molar-refractivity contribution in [3.8, 4) is 11.5 Å². The Morgan fingerprint density at radius 1 is 0.885 bits per heavy atom. The molecule has 0 aliphatic carbocycles. The molecule has 4 rings (SSSR count). The summed E-state index contributed by atoms with van der Waals surface area (Å²) in [5, 5.41) is 6.39. The lowest BCUT2D eigenvalue weighted by Gasteiger charge is -2.09. The maximum absolute atomic E-state index is 12.9. The minimum Gasteiger partial charge on any atom is -0.454 e. The molecule has 2 heterocycles. The highest BCUT2D eigenvalue weighted by Crippen LogP contribution is 2.32. The van der Waals surface area contributed by atoms with Crippen LogP contribution in [0.3, 0.4) is 0 Å². The Balaban J connectivity index is 1.35. The number of ether oxygens (including phenoxy) is 2. The Morgan fingerprint density at radius 3 is 2.54 bits per heavy atom. The molecule has 26 heavy (non-hydrogen) atoms. The van der Waals surface area contributed by atoms with Gasteiger partial charge in [-0.25, -0.2) is 9.37 Å². The van der Waals surface area contributed by atoms with Crippen molar-refractivity contribution in [1.82, 2.24) is 9.97 Å². The van der Waals surface area contributed by atoms with Crippen LogP contribution in [0.5, 0.6) is 11.5 Å². The molecular weight excluding hydrogens is 335 g/mol. The quantitative estimate of drug-likeness (QED) is 0.707. The zero-order valence-electron chi connectivity index (χ0n) is 13.9. The van der Waals surface area contributed by atoms with Crippen LogP contribution in [0, 0.1) is 5.82 Å². The van der Waals surface area contributed by atoms with E-state index in [9.17, 15) is 4.39 Å². The summed E-state index contributed by atoms with van der Waals surface area (Å²) in [7, 11) is 0. The zero-order valence-corrected chi connectivity index (χ0v) is 13.9. The number of nitrogens with zero attached hydrogens (tertiary/aromatic N) is 2. The first kappa shape index (κ1) is 16.1. The van der Waals surface area contributed by atoms with Crippen LogP contribution >= 0.6 is 0 Å². The number of benzene rings is 2. The van der Waals surface area contributed by atoms with Crippen LogP contribution in [0.15, 0.2) is 54.7 Å². The summed E-state index contributed by atoms with van der Waals surface area (Å²) in [5.74, 6) is 2.49. The molecule has 0 saturated heterocycles. The fraction of sp³-hybridized carbons (Fsp3) is 0.158. The topological polar surface area (TPSA) is 68.3 Å². The smallest absolute Gasteiger partial charge is 0.231 e. The van der Waals surface area contributed by atoms with E-state index in [0.29, 0.717) is 24.9 Å². The number of fused-ring (bicyclic) bond motifs is 1. The minimum absolute atomic E-state index is 0.250. The number of halogens is 1. The van der Waals surface area contributed by atoms with E-state index in [2.05, 4.69) is 20.6 Å². The molecule has 0 atom stereocenters. The lowest BCUT2D eigenvalue weighted by Crippen LogP contribution is -2.06. The minimum atomic E-state index is -0.250. The van der Waals surface area contributed by atoms with E-state index in [0.717, 1.165) is 22.6 Å². The Kier molecular flexibility index (Phi) is 4.51. The summed E-state index contributed by atoms with van der Waals surface area (Å²) in [4.78, 5) is 8.63. The number of hydrogen-bond acceptors (Lipinski definition) is 6. The van der Waals surface area contributed by atoms with E-state index in [-0.39, 0.29) is 12.6 Å². The maximum atomic E-state index is 12.9. The van der Waals surface area contributed by atoms with Crippen LogP contribution in [0.1, 0.15) is 11.1 Å². The summed E-state index contributed by atoms with van der Waals surface area (Å²) >= 11 is 0. The molecule has 0 saturated carbocycles. The van der Waals surface area contributed by atoms with Crippen molar-refractivity contribution in [2.24, 2.45) is 0 Å². The monoisotopic (exact) mass is 352 g/mol. The van der Waals surface area contributed by atoms with Gasteiger partial charge in [0.25, 0.3) is 0 Å². The van der Waals surface area contributed by atoms with Crippen molar-refractivity contribution in [1.29, 1.82) is 0 Å². The van der Waals surface area contributed by atoms with Gasteiger partial charge in [0, 0.05) is 19.3 Å². The van der Waals surface area contributed by atoms with Gasteiger partial charge in [0.1, 0.15) is 11.6 Å². The van der Waals surface area contributed by atoms with Gasteiger partial charge in [0.2, 0.25) is 12.7 Å². The molecule has 2 N–H and O–H groups in total. The highest BCUT2D eigenvalue weighted by atomic mass is 19.1. The number of hydrogen-bond donors (Lipinski definition) is 2. The van der Waals surface area contributed by atoms with Crippen LogP contribution in [0.2, 0.25) is 0 Å². The molecule has 6 nitrogen and oxygen atoms in total. The number of nitrogens with one attached hydrogen (secondary N) is 2. The molecule has 0 unspecified atom stereocenters. The number of anilines is 2. The molecule has 1 aromatic heterocycles. The predicted molar refractivity (Wildman–Crippen MR) is 95.7 cm³/mol. The van der Waals surface area contributed by atoms with Gasteiger partial charge in [-0.3, -0.25) is 0 Å². The summed E-state index contributed by atoms with van der Waals surface area (Å²) < 4.78 is 23.6. The molecule has 7 heteroatoms. The fourth-order valence-corrected chi connectivity index (χ4v) is 2.57. The molecule has 132 valence electrons. The molecule has 2 aromatic carbocycles. The molecule has 3 aromatic rings. The molecule has 0 bridgehead atoms. The summed E-state index contributed by atoms with van der Waals surface area (Å²) in [6, 6.07) is 13.9. The second-order valence-corrected chi connectivity index (χ2v) is 5.79. The standard InChI is InChI=1S/C19H17FN4O2/c20-15-4-1-13(2-5-15)10-23-19-21-8-7-18(24-19)22-11-14-3-6-16-17(9-14)26-12-25-16/h1-9H,10-12H2,(H2,21,22,23,24). The highest BCUT2D eigenvalue weighted by molar-refractivity contribution is 5.46. The van der Waals surface area contributed by atoms with E-state index in [1.54, 1.807) is 24.4 Å². The number of aromatic nitrogens is 2. The summed E-state index contributed by atoms with van der Waals surface area (Å²) in [6.07, 6.45) is 1.68. The van der Waals surface area contributed by atoms with Gasteiger partial charge in [-0.2, -0.15) is 4.98 Å². The van der Waals surface area contributed by atoms with Gasteiger partial charge in [-0.1, -0.05) is 18.2 Å². The van der Waals surface area contributed by atoms with Crippen LogP contribution in [-0.4, -0.2) is 16.8 Å². The third kappa shape index (κ3) is 3.83. The van der Waals surface area contributed by atoms with E-state index in [1.807, 2.05) is 18.2 Å². The fourth-order valence-electron chi connectivity index (χ4n) is 2.57. The van der Waals surface area contributed by atoms with E-state index in [4.69, 9.17) is 9.47 Å². The summed E-state index contributed by atoms with van der Waals surface area (Å²) in [6.45, 7) is 1.39. The van der Waals surface area contributed by atoms with Crippen molar-refractivity contribution < 1.29 is 13.9 Å². The van der Waals surface area contributed by atoms with Gasteiger partial charge >= 0.3 is 0 Å². The van der Waals surface area contributed by atoms with Crippen molar-refractivity contribution in [2.45, 2.75) is 13.1 Å². The lowest BCUT2D eigenvalue weighted by molar-refractivity contribution is 0.174. The second kappa shape index (κ2) is 7.26. The largest absolute Gasteiger partial charge is 0.454 e. The first-order valence-electron chi connectivity index (χ1n) is 8.20. The summed E-state index contributed by atoms with van der Waals surface area (Å²) in [5.41, 5.74) is 2.02. The Morgan fingerprint density at radius 2 is 1.65 bits per heavy atom. The molecule has 0 fully saturated rings.